The standard InChI is InChI=1S/C15H25ClN3O/c1-12(20)18(2)10-13-5-7-14(8-6-13)11-19(3,4)15(16)9-17/h5-8,15H,9-11,17H2,1-4H3/q+1. The Morgan fingerprint density at radius 2 is 1.80 bits per heavy atom. The number of carbonyl (C=O) groups is 1. The molecule has 0 aliphatic carbocycles. The second-order valence-corrected chi connectivity index (χ2v) is 6.30. The zero-order valence-electron chi connectivity index (χ0n) is 12.8. The van der Waals surface area contributed by atoms with Crippen LogP contribution < -0.4 is 5.73 Å². The molecule has 0 heterocycles. The highest BCUT2D eigenvalue weighted by Crippen LogP contribution is 2.17. The molecule has 5 heteroatoms. The Labute approximate surface area is 126 Å². The third kappa shape index (κ3) is 4.78. The molecule has 1 unspecified atom stereocenters. The van der Waals surface area contributed by atoms with Gasteiger partial charge in [-0.05, 0) is 5.56 Å². The highest BCUT2D eigenvalue weighted by Gasteiger charge is 2.24. The van der Waals surface area contributed by atoms with E-state index < -0.39 is 0 Å². The summed E-state index contributed by atoms with van der Waals surface area (Å²) >= 11 is 6.24. The van der Waals surface area contributed by atoms with E-state index in [1.54, 1.807) is 18.9 Å². The number of halogens is 1. The minimum atomic E-state index is -0.0986. The van der Waals surface area contributed by atoms with Crippen molar-refractivity contribution in [1.29, 1.82) is 0 Å². The fourth-order valence-electron chi connectivity index (χ4n) is 1.99. The summed E-state index contributed by atoms with van der Waals surface area (Å²) in [6.07, 6.45) is 0. The van der Waals surface area contributed by atoms with E-state index >= 15 is 0 Å². The monoisotopic (exact) mass is 298 g/mol. The van der Waals surface area contributed by atoms with E-state index in [0.717, 1.165) is 12.1 Å². The molecule has 0 spiro atoms. The summed E-state index contributed by atoms with van der Waals surface area (Å²) in [5.41, 5.74) is 7.87. The van der Waals surface area contributed by atoms with Crippen LogP contribution in [-0.4, -0.2) is 48.5 Å². The maximum Gasteiger partial charge on any atom is 0.219 e. The van der Waals surface area contributed by atoms with Crippen LogP contribution in [0.25, 0.3) is 0 Å². The normalized spacial score (nSPS) is 13.1. The highest BCUT2D eigenvalue weighted by molar-refractivity contribution is 6.19. The zero-order chi connectivity index (χ0) is 15.3. The molecule has 20 heavy (non-hydrogen) atoms. The second kappa shape index (κ2) is 7.07. The van der Waals surface area contributed by atoms with Crippen molar-refractivity contribution in [3.05, 3.63) is 35.4 Å². The summed E-state index contributed by atoms with van der Waals surface area (Å²) in [6, 6.07) is 8.29. The van der Waals surface area contributed by atoms with Gasteiger partial charge in [-0.25, -0.2) is 0 Å². The first-order valence-electron chi connectivity index (χ1n) is 6.72. The van der Waals surface area contributed by atoms with Gasteiger partial charge in [0.1, 0.15) is 6.54 Å². The van der Waals surface area contributed by atoms with Crippen molar-refractivity contribution in [2.24, 2.45) is 5.73 Å². The number of benzene rings is 1. The van der Waals surface area contributed by atoms with Crippen LogP contribution in [0.4, 0.5) is 0 Å². The Bertz CT molecular complexity index is 445. The van der Waals surface area contributed by atoms with Crippen molar-refractivity contribution in [2.45, 2.75) is 25.5 Å². The number of hydrogen-bond donors (Lipinski definition) is 1. The smallest absolute Gasteiger partial charge is 0.219 e. The number of quaternary nitrogens is 1. The molecule has 1 atom stereocenters. The van der Waals surface area contributed by atoms with Crippen molar-refractivity contribution in [3.63, 3.8) is 0 Å². The van der Waals surface area contributed by atoms with E-state index in [-0.39, 0.29) is 11.4 Å². The van der Waals surface area contributed by atoms with Gasteiger partial charge in [-0.1, -0.05) is 35.9 Å². The molecule has 1 aromatic carbocycles. The molecular formula is C15H25ClN3O+. The van der Waals surface area contributed by atoms with Crippen molar-refractivity contribution >= 4 is 17.5 Å². The Hall–Kier alpha value is -1.10. The number of nitrogens with zero attached hydrogens (tertiary/aromatic N) is 2. The minimum absolute atomic E-state index is 0.0693. The van der Waals surface area contributed by atoms with Gasteiger partial charge < -0.3 is 15.1 Å². The fourth-order valence-corrected chi connectivity index (χ4v) is 2.06. The van der Waals surface area contributed by atoms with E-state index in [1.807, 2.05) is 0 Å². The van der Waals surface area contributed by atoms with Gasteiger partial charge in [0, 0.05) is 26.1 Å². The van der Waals surface area contributed by atoms with Gasteiger partial charge in [0.05, 0.1) is 20.6 Å². The summed E-state index contributed by atoms with van der Waals surface area (Å²) in [6.45, 7) is 3.49. The number of alkyl halides is 1. The molecule has 1 aromatic rings. The molecule has 4 nitrogen and oxygen atoms in total. The van der Waals surface area contributed by atoms with Crippen LogP contribution in [0.5, 0.6) is 0 Å². The molecule has 0 aliphatic heterocycles. The molecule has 0 fully saturated rings. The topological polar surface area (TPSA) is 46.3 Å². The highest BCUT2D eigenvalue weighted by atomic mass is 35.5. The largest absolute Gasteiger partial charge is 0.342 e. The van der Waals surface area contributed by atoms with Crippen LogP contribution >= 0.6 is 11.6 Å². The fraction of sp³-hybridized carbons (Fsp3) is 0.533. The van der Waals surface area contributed by atoms with Gasteiger partial charge in [0.15, 0.2) is 5.50 Å². The zero-order valence-corrected chi connectivity index (χ0v) is 13.5. The summed E-state index contributed by atoms with van der Waals surface area (Å²) in [5.74, 6) is 0.0693. The van der Waals surface area contributed by atoms with Crippen LogP contribution in [0.15, 0.2) is 24.3 Å². The molecular weight excluding hydrogens is 274 g/mol. The van der Waals surface area contributed by atoms with Gasteiger partial charge in [-0.3, -0.25) is 4.79 Å². The molecule has 0 bridgehead atoms. The Kier molecular flexibility index (Phi) is 5.99. The summed E-state index contributed by atoms with van der Waals surface area (Å²) in [7, 11) is 5.94. The molecule has 112 valence electrons. The van der Waals surface area contributed by atoms with Gasteiger partial charge in [-0.15, -0.1) is 0 Å². The Morgan fingerprint density at radius 1 is 1.30 bits per heavy atom. The van der Waals surface area contributed by atoms with E-state index in [1.165, 1.54) is 5.56 Å². The molecule has 0 radical (unpaired) electrons. The van der Waals surface area contributed by atoms with Crippen LogP contribution in [0.3, 0.4) is 0 Å². The SMILES string of the molecule is CC(=O)N(C)Cc1ccc(C[N+](C)(C)C(Cl)CN)cc1. The first-order valence-corrected chi connectivity index (χ1v) is 7.16. The lowest BCUT2D eigenvalue weighted by Gasteiger charge is -2.33. The summed E-state index contributed by atoms with van der Waals surface area (Å²) < 4.78 is 0.644. The Balaban J connectivity index is 2.70. The average Bonchev–Trinajstić information content (AvgIpc) is 2.39. The van der Waals surface area contributed by atoms with E-state index in [0.29, 0.717) is 17.6 Å². The molecule has 0 saturated heterocycles. The van der Waals surface area contributed by atoms with Crippen LogP contribution in [-0.2, 0) is 17.9 Å². The van der Waals surface area contributed by atoms with Gasteiger partial charge in [-0.2, -0.15) is 0 Å². The van der Waals surface area contributed by atoms with E-state index in [9.17, 15) is 4.79 Å². The number of hydrogen-bond acceptors (Lipinski definition) is 2. The number of amides is 1. The third-order valence-electron chi connectivity index (χ3n) is 3.52. The number of carbonyl (C=O) groups excluding carboxylic acids is 1. The molecule has 0 saturated carbocycles. The lowest BCUT2D eigenvalue weighted by molar-refractivity contribution is -0.913. The van der Waals surface area contributed by atoms with Crippen LogP contribution in [0, 0.1) is 0 Å². The van der Waals surface area contributed by atoms with Crippen LogP contribution in [0.2, 0.25) is 0 Å². The quantitative estimate of drug-likeness (QED) is 0.494. The maximum atomic E-state index is 11.2. The number of nitrogens with two attached hydrogens (primary N) is 1. The van der Waals surface area contributed by atoms with Crippen molar-refractivity contribution < 1.29 is 9.28 Å². The van der Waals surface area contributed by atoms with Gasteiger partial charge >= 0.3 is 0 Å². The van der Waals surface area contributed by atoms with E-state index in [2.05, 4.69) is 38.4 Å². The first-order chi connectivity index (χ1) is 9.26. The predicted molar refractivity (Wildman–Crippen MR) is 83.1 cm³/mol. The molecule has 1 rings (SSSR count). The van der Waals surface area contributed by atoms with E-state index in [4.69, 9.17) is 17.3 Å². The van der Waals surface area contributed by atoms with Crippen molar-refractivity contribution in [1.82, 2.24) is 4.90 Å². The number of likely N-dealkylation sites (N-methyl/N-ethyl adjacent to an activating group) is 1. The van der Waals surface area contributed by atoms with Gasteiger partial charge in [0.2, 0.25) is 5.91 Å². The minimum Gasteiger partial charge on any atom is -0.342 e. The second-order valence-electron chi connectivity index (χ2n) is 5.80. The van der Waals surface area contributed by atoms with Gasteiger partial charge in [0.25, 0.3) is 0 Å². The van der Waals surface area contributed by atoms with Crippen molar-refractivity contribution in [3.8, 4) is 0 Å². The number of rotatable bonds is 6. The summed E-state index contributed by atoms with van der Waals surface area (Å²) in [5, 5.41) is 0. The van der Waals surface area contributed by atoms with Crippen molar-refractivity contribution in [2.75, 3.05) is 27.7 Å². The average molecular weight is 299 g/mol. The summed E-state index contributed by atoms with van der Waals surface area (Å²) in [4.78, 5) is 12.9. The third-order valence-corrected chi connectivity index (χ3v) is 4.23. The predicted octanol–water partition coefficient (Wildman–Crippen LogP) is 1.76. The maximum absolute atomic E-state index is 11.2. The molecule has 0 aliphatic rings. The lowest BCUT2D eigenvalue weighted by atomic mass is 10.1. The molecule has 0 aromatic heterocycles. The lowest BCUT2D eigenvalue weighted by Crippen LogP contribution is -2.48. The van der Waals surface area contributed by atoms with Crippen LogP contribution in [0.1, 0.15) is 18.1 Å². The molecule has 2 N–H and O–H groups in total. The molecule has 1 amide bonds. The first kappa shape index (κ1) is 17.0. The Morgan fingerprint density at radius 3 is 2.25 bits per heavy atom.